The fraction of sp³-hybridized carbons (Fsp3) is 0.615. The Bertz CT molecular complexity index is 356. The van der Waals surface area contributed by atoms with Crippen LogP contribution in [-0.2, 0) is 6.54 Å². The van der Waals surface area contributed by atoms with Gasteiger partial charge in [-0.3, -0.25) is 4.98 Å². The molecule has 1 rings (SSSR count). The van der Waals surface area contributed by atoms with Gasteiger partial charge < -0.3 is 10.2 Å². The van der Waals surface area contributed by atoms with Gasteiger partial charge in [-0.15, -0.1) is 0 Å². The van der Waals surface area contributed by atoms with Crippen molar-refractivity contribution in [3.8, 4) is 0 Å². The molecule has 0 aromatic carbocycles. The van der Waals surface area contributed by atoms with Crippen molar-refractivity contribution < 1.29 is 8.78 Å². The number of aromatic nitrogens is 1. The van der Waals surface area contributed by atoms with Crippen LogP contribution in [0.4, 0.5) is 14.5 Å². The van der Waals surface area contributed by atoms with E-state index in [9.17, 15) is 8.78 Å². The highest BCUT2D eigenvalue weighted by Gasteiger charge is 2.12. The molecule has 0 aliphatic rings. The molecule has 1 N–H and O–H groups in total. The molecular formula is C13H21F2N3. The van der Waals surface area contributed by atoms with Crippen molar-refractivity contribution in [3.05, 3.63) is 24.0 Å². The number of halogens is 2. The molecule has 0 aliphatic carbocycles. The molecule has 5 heteroatoms. The summed E-state index contributed by atoms with van der Waals surface area (Å²) in [5.74, 6) is 0.559. The van der Waals surface area contributed by atoms with Gasteiger partial charge in [0.1, 0.15) is 0 Å². The Hall–Kier alpha value is -1.23. The average molecular weight is 257 g/mol. The van der Waals surface area contributed by atoms with Crippen LogP contribution >= 0.6 is 0 Å². The summed E-state index contributed by atoms with van der Waals surface area (Å²) in [6.07, 6.45) is 1.02. The summed E-state index contributed by atoms with van der Waals surface area (Å²) in [6.45, 7) is 5.53. The zero-order chi connectivity index (χ0) is 13.5. The molecule has 102 valence electrons. The van der Waals surface area contributed by atoms with Crippen molar-refractivity contribution in [1.29, 1.82) is 0 Å². The molecule has 0 atom stereocenters. The monoisotopic (exact) mass is 257 g/mol. The minimum atomic E-state index is -2.33. The highest BCUT2D eigenvalue weighted by atomic mass is 19.3. The molecule has 0 aliphatic heterocycles. The second-order valence-corrected chi connectivity index (χ2v) is 4.80. The predicted molar refractivity (Wildman–Crippen MR) is 70.1 cm³/mol. The normalized spacial score (nSPS) is 11.3. The molecule has 0 fully saturated rings. The Balaban J connectivity index is 2.66. The van der Waals surface area contributed by atoms with Crippen LogP contribution in [0.2, 0.25) is 0 Å². The van der Waals surface area contributed by atoms with Crippen LogP contribution in [0, 0.1) is 5.92 Å². The molecule has 1 aromatic rings. The summed E-state index contributed by atoms with van der Waals surface area (Å²) in [5.41, 5.74) is 1.75. The first kappa shape index (κ1) is 14.8. The van der Waals surface area contributed by atoms with Crippen molar-refractivity contribution >= 4 is 5.69 Å². The van der Waals surface area contributed by atoms with Crippen LogP contribution in [0.5, 0.6) is 0 Å². The molecule has 0 radical (unpaired) electrons. The molecule has 1 heterocycles. The molecule has 0 amide bonds. The van der Waals surface area contributed by atoms with Gasteiger partial charge in [0.15, 0.2) is 0 Å². The van der Waals surface area contributed by atoms with Gasteiger partial charge >= 0.3 is 0 Å². The van der Waals surface area contributed by atoms with Gasteiger partial charge in [-0.2, -0.15) is 0 Å². The fourth-order valence-corrected chi connectivity index (χ4v) is 1.73. The minimum absolute atomic E-state index is 0.263. The second-order valence-electron chi connectivity index (χ2n) is 4.80. The van der Waals surface area contributed by atoms with E-state index in [1.807, 2.05) is 0 Å². The third-order valence-electron chi connectivity index (χ3n) is 2.57. The first-order valence-corrected chi connectivity index (χ1v) is 6.13. The summed E-state index contributed by atoms with van der Waals surface area (Å²) < 4.78 is 24.8. The quantitative estimate of drug-likeness (QED) is 0.813. The van der Waals surface area contributed by atoms with Crippen molar-refractivity contribution in [2.24, 2.45) is 5.92 Å². The summed E-state index contributed by atoms with van der Waals surface area (Å²) in [7, 11) is 1.67. The van der Waals surface area contributed by atoms with Crippen LogP contribution in [-0.4, -0.2) is 31.5 Å². The van der Waals surface area contributed by atoms with Crippen molar-refractivity contribution in [3.63, 3.8) is 0 Å². The molecule has 1 aromatic heterocycles. The highest BCUT2D eigenvalue weighted by molar-refractivity contribution is 5.51. The summed E-state index contributed by atoms with van der Waals surface area (Å²) in [5, 5.41) is 3.30. The van der Waals surface area contributed by atoms with Crippen LogP contribution in [0.1, 0.15) is 19.4 Å². The van der Waals surface area contributed by atoms with E-state index >= 15 is 0 Å². The smallest absolute Gasteiger partial charge is 0.255 e. The number of pyridine rings is 1. The van der Waals surface area contributed by atoms with E-state index < -0.39 is 6.43 Å². The maximum absolute atomic E-state index is 12.4. The molecule has 0 spiro atoms. The average Bonchev–Trinajstić information content (AvgIpc) is 2.28. The number of hydrogen-bond donors (Lipinski definition) is 1. The zero-order valence-corrected chi connectivity index (χ0v) is 11.2. The first-order chi connectivity index (χ1) is 8.50. The van der Waals surface area contributed by atoms with E-state index in [4.69, 9.17) is 0 Å². The van der Waals surface area contributed by atoms with Gasteiger partial charge in [0.25, 0.3) is 6.43 Å². The third kappa shape index (κ3) is 4.96. The zero-order valence-electron chi connectivity index (χ0n) is 11.2. The summed E-state index contributed by atoms with van der Waals surface area (Å²) >= 11 is 0. The fourth-order valence-electron chi connectivity index (χ4n) is 1.73. The molecular weight excluding hydrogens is 236 g/mol. The summed E-state index contributed by atoms with van der Waals surface area (Å²) in [4.78, 5) is 5.62. The lowest BCUT2D eigenvalue weighted by atomic mass is 10.2. The lowest BCUT2D eigenvalue weighted by molar-refractivity contribution is 0.156. The third-order valence-corrected chi connectivity index (χ3v) is 2.57. The lowest BCUT2D eigenvalue weighted by Gasteiger charge is -2.22. The van der Waals surface area contributed by atoms with Crippen molar-refractivity contribution in [2.75, 3.05) is 25.0 Å². The second kappa shape index (κ2) is 7.26. The number of nitrogens with one attached hydrogen (secondary N) is 1. The predicted octanol–water partition coefficient (Wildman–Crippen LogP) is 2.53. The van der Waals surface area contributed by atoms with E-state index in [1.54, 1.807) is 30.4 Å². The van der Waals surface area contributed by atoms with E-state index in [0.717, 1.165) is 17.8 Å². The number of anilines is 1. The molecule has 18 heavy (non-hydrogen) atoms. The van der Waals surface area contributed by atoms with Gasteiger partial charge in [0.05, 0.1) is 6.54 Å². The van der Waals surface area contributed by atoms with E-state index in [2.05, 4.69) is 24.1 Å². The SMILES string of the molecule is CC(C)CNCc1cnccc1N(C)CC(F)F. The van der Waals surface area contributed by atoms with Gasteiger partial charge in [-0.25, -0.2) is 8.78 Å². The van der Waals surface area contributed by atoms with Crippen molar-refractivity contribution in [1.82, 2.24) is 10.3 Å². The molecule has 0 unspecified atom stereocenters. The van der Waals surface area contributed by atoms with Gasteiger partial charge in [0, 0.05) is 37.2 Å². The van der Waals surface area contributed by atoms with E-state index in [0.29, 0.717) is 12.5 Å². The van der Waals surface area contributed by atoms with Crippen LogP contribution < -0.4 is 10.2 Å². The maximum Gasteiger partial charge on any atom is 0.255 e. The molecule has 0 bridgehead atoms. The number of rotatable bonds is 7. The number of hydrogen-bond acceptors (Lipinski definition) is 3. The van der Waals surface area contributed by atoms with E-state index in [-0.39, 0.29) is 6.54 Å². The van der Waals surface area contributed by atoms with Crippen LogP contribution in [0.25, 0.3) is 0 Å². The molecule has 0 saturated carbocycles. The van der Waals surface area contributed by atoms with Gasteiger partial charge in [-0.1, -0.05) is 13.8 Å². The Morgan fingerprint density at radius 2 is 2.11 bits per heavy atom. The molecule has 0 saturated heterocycles. The van der Waals surface area contributed by atoms with Crippen LogP contribution in [0.15, 0.2) is 18.5 Å². The van der Waals surface area contributed by atoms with E-state index in [1.165, 1.54) is 0 Å². The van der Waals surface area contributed by atoms with Crippen molar-refractivity contribution in [2.45, 2.75) is 26.8 Å². The van der Waals surface area contributed by atoms with Crippen LogP contribution in [0.3, 0.4) is 0 Å². The standard InChI is InChI=1S/C13H21F2N3/c1-10(2)6-17-8-11-7-16-5-4-12(11)18(3)9-13(14)15/h4-5,7,10,13,17H,6,8-9H2,1-3H3. The first-order valence-electron chi connectivity index (χ1n) is 6.13. The Labute approximate surface area is 107 Å². The lowest BCUT2D eigenvalue weighted by Crippen LogP contribution is -2.27. The Morgan fingerprint density at radius 1 is 1.39 bits per heavy atom. The Morgan fingerprint density at radius 3 is 2.72 bits per heavy atom. The number of alkyl halides is 2. The van der Waals surface area contributed by atoms with Gasteiger partial charge in [0.2, 0.25) is 0 Å². The van der Waals surface area contributed by atoms with Gasteiger partial charge in [-0.05, 0) is 18.5 Å². The summed E-state index contributed by atoms with van der Waals surface area (Å²) in [6, 6.07) is 1.77. The number of nitrogens with zero attached hydrogens (tertiary/aromatic N) is 2. The highest BCUT2D eigenvalue weighted by Crippen LogP contribution is 2.18. The Kier molecular flexibility index (Phi) is 5.98. The minimum Gasteiger partial charge on any atom is -0.369 e. The molecule has 3 nitrogen and oxygen atoms in total. The topological polar surface area (TPSA) is 28.2 Å². The largest absolute Gasteiger partial charge is 0.369 e. The maximum atomic E-state index is 12.4.